The Hall–Kier alpha value is -1.64. The number of hydrogen-bond donors (Lipinski definition) is 3. The minimum Gasteiger partial charge on any atom is -0.379 e. The SMILES string of the molecule is NC(=NCCCN1CCOCC1)NCCNC(=O)c1ccc(Br)cc1. The Morgan fingerprint density at radius 2 is 1.88 bits per heavy atom. The second-order valence-electron chi connectivity index (χ2n) is 5.76. The van der Waals surface area contributed by atoms with E-state index in [2.05, 4.69) is 36.5 Å². The number of guanidine groups is 1. The number of nitrogens with one attached hydrogen (secondary N) is 2. The summed E-state index contributed by atoms with van der Waals surface area (Å²) < 4.78 is 6.27. The molecule has 0 saturated carbocycles. The lowest BCUT2D eigenvalue weighted by molar-refractivity contribution is 0.0377. The van der Waals surface area contributed by atoms with E-state index in [0.29, 0.717) is 31.2 Å². The second-order valence-corrected chi connectivity index (χ2v) is 6.68. The van der Waals surface area contributed by atoms with Crippen LogP contribution < -0.4 is 16.4 Å². The number of rotatable bonds is 8. The molecule has 0 atom stereocenters. The molecule has 1 fully saturated rings. The predicted molar refractivity (Wildman–Crippen MR) is 103 cm³/mol. The van der Waals surface area contributed by atoms with Gasteiger partial charge in [0.1, 0.15) is 0 Å². The molecule has 0 unspecified atom stereocenters. The summed E-state index contributed by atoms with van der Waals surface area (Å²) in [4.78, 5) is 18.6. The Bertz CT molecular complexity index is 559. The molecule has 0 aromatic heterocycles. The van der Waals surface area contributed by atoms with Gasteiger partial charge in [-0.15, -0.1) is 0 Å². The molecule has 1 amide bonds. The van der Waals surface area contributed by atoms with Gasteiger partial charge in [-0.3, -0.25) is 14.7 Å². The van der Waals surface area contributed by atoms with E-state index in [-0.39, 0.29) is 5.91 Å². The molecule has 25 heavy (non-hydrogen) atoms. The summed E-state index contributed by atoms with van der Waals surface area (Å²) in [7, 11) is 0. The van der Waals surface area contributed by atoms with Gasteiger partial charge in [0.15, 0.2) is 5.96 Å². The molecule has 1 aliphatic heterocycles. The molecule has 1 aliphatic rings. The molecule has 1 aromatic rings. The number of amides is 1. The van der Waals surface area contributed by atoms with E-state index in [1.54, 1.807) is 12.1 Å². The molecule has 1 saturated heterocycles. The van der Waals surface area contributed by atoms with E-state index in [9.17, 15) is 4.79 Å². The highest BCUT2D eigenvalue weighted by Crippen LogP contribution is 2.10. The zero-order valence-electron chi connectivity index (χ0n) is 14.3. The first-order valence-corrected chi connectivity index (χ1v) is 9.32. The third kappa shape index (κ3) is 7.85. The van der Waals surface area contributed by atoms with Crippen molar-refractivity contribution in [2.75, 3.05) is 52.5 Å². The van der Waals surface area contributed by atoms with Crippen LogP contribution >= 0.6 is 15.9 Å². The summed E-state index contributed by atoms with van der Waals surface area (Å²) in [6.45, 7) is 6.37. The maximum atomic E-state index is 11.9. The summed E-state index contributed by atoms with van der Waals surface area (Å²) in [5.74, 6) is 0.315. The fourth-order valence-corrected chi connectivity index (χ4v) is 2.71. The lowest BCUT2D eigenvalue weighted by Crippen LogP contribution is -2.39. The Morgan fingerprint density at radius 1 is 1.20 bits per heavy atom. The van der Waals surface area contributed by atoms with Crippen LogP contribution in [-0.4, -0.2) is 69.2 Å². The number of carbonyl (C=O) groups is 1. The van der Waals surface area contributed by atoms with Crippen molar-refractivity contribution in [2.24, 2.45) is 10.7 Å². The van der Waals surface area contributed by atoms with E-state index in [1.165, 1.54) is 0 Å². The van der Waals surface area contributed by atoms with Gasteiger partial charge in [0.25, 0.3) is 5.91 Å². The smallest absolute Gasteiger partial charge is 0.251 e. The molecular weight excluding hydrogens is 386 g/mol. The fraction of sp³-hybridized carbons (Fsp3) is 0.529. The van der Waals surface area contributed by atoms with Gasteiger partial charge in [-0.25, -0.2) is 0 Å². The van der Waals surface area contributed by atoms with E-state index < -0.39 is 0 Å². The summed E-state index contributed by atoms with van der Waals surface area (Å²) in [6, 6.07) is 7.23. The first-order chi connectivity index (χ1) is 12.1. The number of aliphatic imine (C=N–C) groups is 1. The van der Waals surface area contributed by atoms with Crippen LogP contribution in [0.3, 0.4) is 0 Å². The van der Waals surface area contributed by atoms with Crippen molar-refractivity contribution >= 4 is 27.8 Å². The third-order valence-corrected chi connectivity index (χ3v) is 4.37. The lowest BCUT2D eigenvalue weighted by atomic mass is 10.2. The molecule has 1 aromatic carbocycles. The summed E-state index contributed by atoms with van der Waals surface area (Å²) in [5.41, 5.74) is 6.46. The van der Waals surface area contributed by atoms with Crippen LogP contribution in [0.15, 0.2) is 33.7 Å². The number of ether oxygens (including phenoxy) is 1. The van der Waals surface area contributed by atoms with E-state index >= 15 is 0 Å². The van der Waals surface area contributed by atoms with Gasteiger partial charge in [0.05, 0.1) is 13.2 Å². The zero-order chi connectivity index (χ0) is 17.9. The minimum atomic E-state index is -0.102. The highest BCUT2D eigenvalue weighted by Gasteiger charge is 2.08. The first kappa shape index (κ1) is 19.7. The Balaban J connectivity index is 1.54. The quantitative estimate of drug-likeness (QED) is 0.334. The molecule has 4 N–H and O–H groups in total. The van der Waals surface area contributed by atoms with E-state index in [1.807, 2.05) is 12.1 Å². The van der Waals surface area contributed by atoms with Crippen LogP contribution in [0.2, 0.25) is 0 Å². The number of carbonyl (C=O) groups excluding carboxylic acids is 1. The van der Waals surface area contributed by atoms with Crippen molar-refractivity contribution in [3.63, 3.8) is 0 Å². The number of hydrogen-bond acceptors (Lipinski definition) is 4. The first-order valence-electron chi connectivity index (χ1n) is 8.53. The third-order valence-electron chi connectivity index (χ3n) is 3.84. The van der Waals surface area contributed by atoms with Crippen LogP contribution in [0.4, 0.5) is 0 Å². The molecule has 0 aliphatic carbocycles. The highest BCUT2D eigenvalue weighted by molar-refractivity contribution is 9.10. The second kappa shape index (κ2) is 11.1. The van der Waals surface area contributed by atoms with Crippen molar-refractivity contribution < 1.29 is 9.53 Å². The minimum absolute atomic E-state index is 0.102. The van der Waals surface area contributed by atoms with Crippen molar-refractivity contribution in [2.45, 2.75) is 6.42 Å². The number of halogens is 1. The van der Waals surface area contributed by atoms with Gasteiger partial charge in [-0.2, -0.15) is 0 Å². The molecule has 1 heterocycles. The van der Waals surface area contributed by atoms with Crippen LogP contribution in [0.25, 0.3) is 0 Å². The van der Waals surface area contributed by atoms with Gasteiger partial charge >= 0.3 is 0 Å². The standard InChI is InChI=1S/C17H26BrN5O2/c18-15-4-2-14(3-5-15)16(24)20-7-8-22-17(19)21-6-1-9-23-10-12-25-13-11-23/h2-5H,1,6-13H2,(H,20,24)(H3,19,21,22). The zero-order valence-corrected chi connectivity index (χ0v) is 15.9. The number of nitrogens with zero attached hydrogens (tertiary/aromatic N) is 2. The Kier molecular flexibility index (Phi) is 8.71. The van der Waals surface area contributed by atoms with Crippen molar-refractivity contribution in [3.05, 3.63) is 34.3 Å². The van der Waals surface area contributed by atoms with Gasteiger partial charge in [0.2, 0.25) is 0 Å². The largest absolute Gasteiger partial charge is 0.379 e. The predicted octanol–water partition coefficient (Wildman–Crippen LogP) is 0.806. The summed E-state index contributed by atoms with van der Waals surface area (Å²) >= 11 is 3.35. The van der Waals surface area contributed by atoms with Crippen LogP contribution in [-0.2, 0) is 4.74 Å². The molecule has 8 heteroatoms. The molecule has 2 rings (SSSR count). The van der Waals surface area contributed by atoms with Crippen molar-refractivity contribution in [3.8, 4) is 0 Å². The van der Waals surface area contributed by atoms with Crippen LogP contribution in [0.1, 0.15) is 16.8 Å². The number of benzene rings is 1. The van der Waals surface area contributed by atoms with Crippen molar-refractivity contribution in [1.82, 2.24) is 15.5 Å². The number of morpholine rings is 1. The lowest BCUT2D eigenvalue weighted by Gasteiger charge is -2.26. The maximum absolute atomic E-state index is 11.9. The topological polar surface area (TPSA) is 92.0 Å². The van der Waals surface area contributed by atoms with Crippen LogP contribution in [0, 0.1) is 0 Å². The molecule has 0 radical (unpaired) electrons. The monoisotopic (exact) mass is 411 g/mol. The highest BCUT2D eigenvalue weighted by atomic mass is 79.9. The van der Waals surface area contributed by atoms with Gasteiger partial charge in [-0.1, -0.05) is 15.9 Å². The fourth-order valence-electron chi connectivity index (χ4n) is 2.44. The van der Waals surface area contributed by atoms with Crippen LogP contribution in [0.5, 0.6) is 0 Å². The maximum Gasteiger partial charge on any atom is 0.251 e. The molecule has 0 bridgehead atoms. The molecule has 7 nitrogen and oxygen atoms in total. The van der Waals surface area contributed by atoms with E-state index in [0.717, 1.165) is 43.7 Å². The summed E-state index contributed by atoms with van der Waals surface area (Å²) in [5, 5.41) is 5.85. The molecule has 0 spiro atoms. The normalized spacial score (nSPS) is 15.8. The van der Waals surface area contributed by atoms with Gasteiger partial charge < -0.3 is 21.1 Å². The Morgan fingerprint density at radius 3 is 2.60 bits per heavy atom. The van der Waals surface area contributed by atoms with Crippen molar-refractivity contribution in [1.29, 1.82) is 0 Å². The molecule has 138 valence electrons. The van der Waals surface area contributed by atoms with E-state index in [4.69, 9.17) is 10.5 Å². The number of nitrogens with two attached hydrogens (primary N) is 1. The van der Waals surface area contributed by atoms with Gasteiger partial charge in [-0.05, 0) is 30.7 Å². The van der Waals surface area contributed by atoms with Gasteiger partial charge in [0, 0.05) is 49.3 Å². The average molecular weight is 412 g/mol. The summed E-state index contributed by atoms with van der Waals surface area (Å²) in [6.07, 6.45) is 0.975. The Labute approximate surface area is 157 Å². The average Bonchev–Trinajstić information content (AvgIpc) is 2.63. The molecular formula is C17H26BrN5O2.